The highest BCUT2D eigenvalue weighted by molar-refractivity contribution is 7.91. The van der Waals surface area contributed by atoms with Crippen LogP contribution in [-0.2, 0) is 14.6 Å². The van der Waals surface area contributed by atoms with Gasteiger partial charge < -0.3 is 10.6 Å². The summed E-state index contributed by atoms with van der Waals surface area (Å²) in [6.07, 6.45) is 0. The van der Waals surface area contributed by atoms with Crippen LogP contribution in [0, 0.1) is 6.92 Å². The van der Waals surface area contributed by atoms with E-state index in [1.807, 2.05) is 61.5 Å². The van der Waals surface area contributed by atoms with Crippen LogP contribution in [0.15, 0.2) is 107 Å². The maximum atomic E-state index is 13.3. The number of benzene rings is 4. The van der Waals surface area contributed by atoms with E-state index in [4.69, 9.17) is 11.6 Å². The molecule has 0 aromatic heterocycles. The lowest BCUT2D eigenvalue weighted by molar-refractivity contribution is -0.114. The van der Waals surface area contributed by atoms with Gasteiger partial charge in [-0.2, -0.15) is 0 Å². The summed E-state index contributed by atoms with van der Waals surface area (Å²) in [5.41, 5.74) is 3.80. The average Bonchev–Trinajstić information content (AvgIpc) is 2.84. The first-order valence-electron chi connectivity index (χ1n) is 10.6. The van der Waals surface area contributed by atoms with Gasteiger partial charge in [0.05, 0.1) is 22.0 Å². The number of sulfone groups is 1. The van der Waals surface area contributed by atoms with Crippen LogP contribution in [0.4, 0.5) is 11.4 Å². The Kier molecular flexibility index (Phi) is 7.01. The molecule has 172 valence electrons. The van der Waals surface area contributed by atoms with Crippen molar-refractivity contribution in [3.05, 3.63) is 108 Å². The lowest BCUT2D eigenvalue weighted by Gasteiger charge is -2.15. The summed E-state index contributed by atoms with van der Waals surface area (Å²) in [4.78, 5) is 12.9. The summed E-state index contributed by atoms with van der Waals surface area (Å²) in [5.74, 6) is -0.308. The van der Waals surface area contributed by atoms with E-state index in [0.717, 1.165) is 16.7 Å². The van der Waals surface area contributed by atoms with Crippen LogP contribution >= 0.6 is 11.6 Å². The van der Waals surface area contributed by atoms with Crippen LogP contribution in [0.3, 0.4) is 0 Å². The molecule has 4 rings (SSSR count). The zero-order valence-electron chi connectivity index (χ0n) is 18.5. The minimum Gasteiger partial charge on any atom is -0.375 e. The molecular weight excluding hydrogens is 468 g/mol. The normalized spacial score (nSPS) is 11.1. The Balaban J connectivity index is 1.54. The number of nitrogens with one attached hydrogen (secondary N) is 2. The summed E-state index contributed by atoms with van der Waals surface area (Å²) < 4.78 is 26.5. The maximum Gasteiger partial charge on any atom is 0.243 e. The summed E-state index contributed by atoms with van der Waals surface area (Å²) in [6.45, 7) is 1.76. The molecule has 1 amide bonds. The highest BCUT2D eigenvalue weighted by Crippen LogP contribution is 2.31. The minimum absolute atomic E-state index is 0.0151. The lowest BCUT2D eigenvalue weighted by atomic mass is 10.0. The molecule has 0 aliphatic rings. The predicted octanol–water partition coefficient (Wildman–Crippen LogP) is 6.20. The zero-order chi connectivity index (χ0) is 24.1. The van der Waals surface area contributed by atoms with E-state index in [1.165, 1.54) is 6.07 Å². The van der Waals surface area contributed by atoms with Gasteiger partial charge in [0.15, 0.2) is 0 Å². The number of hydrogen-bond acceptors (Lipinski definition) is 4. The Hall–Kier alpha value is -3.61. The smallest absolute Gasteiger partial charge is 0.243 e. The van der Waals surface area contributed by atoms with Crippen LogP contribution in [0.2, 0.25) is 5.02 Å². The molecule has 7 heteroatoms. The number of rotatable bonds is 7. The second kappa shape index (κ2) is 10.1. The first-order chi connectivity index (χ1) is 16.3. The number of carbonyl (C=O) groups excluding carboxylic acids is 1. The molecule has 0 fully saturated rings. The number of para-hydroxylation sites is 1. The van der Waals surface area contributed by atoms with E-state index in [9.17, 15) is 13.2 Å². The zero-order valence-corrected chi connectivity index (χ0v) is 20.0. The van der Waals surface area contributed by atoms with Gasteiger partial charge in [-0.05, 0) is 48.9 Å². The van der Waals surface area contributed by atoms with Gasteiger partial charge in [-0.25, -0.2) is 8.42 Å². The van der Waals surface area contributed by atoms with Crippen molar-refractivity contribution < 1.29 is 13.2 Å². The second-order valence-corrected chi connectivity index (χ2v) is 10.1. The molecule has 4 aromatic rings. The second-order valence-electron chi connectivity index (χ2n) is 7.77. The molecule has 0 aliphatic heterocycles. The van der Waals surface area contributed by atoms with E-state index >= 15 is 0 Å². The third-order valence-corrected chi connectivity index (χ3v) is 7.33. The number of hydrogen-bond donors (Lipinski definition) is 2. The van der Waals surface area contributed by atoms with Crippen molar-refractivity contribution in [1.82, 2.24) is 0 Å². The highest BCUT2D eigenvalue weighted by Gasteiger charge is 2.22. The summed E-state index contributed by atoms with van der Waals surface area (Å²) >= 11 is 6.11. The molecule has 2 N–H and O–H groups in total. The molecule has 0 saturated heterocycles. The van der Waals surface area contributed by atoms with Crippen molar-refractivity contribution in [3.63, 3.8) is 0 Å². The molecule has 4 aromatic carbocycles. The molecule has 0 heterocycles. The Bertz CT molecular complexity index is 1420. The van der Waals surface area contributed by atoms with Crippen LogP contribution in [0.5, 0.6) is 0 Å². The van der Waals surface area contributed by atoms with Gasteiger partial charge in [-0.1, -0.05) is 77.8 Å². The molecule has 0 unspecified atom stereocenters. The van der Waals surface area contributed by atoms with Crippen molar-refractivity contribution in [2.45, 2.75) is 16.7 Å². The predicted molar refractivity (Wildman–Crippen MR) is 137 cm³/mol. The van der Waals surface area contributed by atoms with Crippen LogP contribution in [0.1, 0.15) is 5.56 Å². The third kappa shape index (κ3) is 5.30. The Morgan fingerprint density at radius 2 is 1.50 bits per heavy atom. The molecule has 0 spiro atoms. The van der Waals surface area contributed by atoms with E-state index in [1.54, 1.807) is 36.4 Å². The van der Waals surface area contributed by atoms with Crippen molar-refractivity contribution in [2.75, 3.05) is 17.2 Å². The number of anilines is 2. The van der Waals surface area contributed by atoms with E-state index in [0.29, 0.717) is 11.4 Å². The molecule has 0 atom stereocenters. The van der Waals surface area contributed by atoms with Gasteiger partial charge in [0, 0.05) is 16.3 Å². The third-order valence-electron chi connectivity index (χ3n) is 5.29. The summed E-state index contributed by atoms with van der Waals surface area (Å²) in [6, 6.07) is 28.4. The van der Waals surface area contributed by atoms with E-state index in [2.05, 4.69) is 10.6 Å². The SMILES string of the molecule is Cc1ccc(S(=O)(=O)c2cc(Cl)ccc2NCC(=O)Nc2ccccc2-c2ccccc2)cc1. The summed E-state index contributed by atoms with van der Waals surface area (Å²) in [5, 5.41) is 6.16. The Labute approximate surface area is 204 Å². The first kappa shape index (κ1) is 23.5. The highest BCUT2D eigenvalue weighted by atomic mass is 35.5. The van der Waals surface area contributed by atoms with E-state index < -0.39 is 9.84 Å². The van der Waals surface area contributed by atoms with Crippen molar-refractivity contribution in [1.29, 1.82) is 0 Å². The lowest BCUT2D eigenvalue weighted by Crippen LogP contribution is -2.23. The first-order valence-corrected chi connectivity index (χ1v) is 12.5. The maximum absolute atomic E-state index is 13.3. The van der Waals surface area contributed by atoms with Gasteiger partial charge in [0.2, 0.25) is 15.7 Å². The minimum atomic E-state index is -3.84. The number of aryl methyl sites for hydroxylation is 1. The fourth-order valence-electron chi connectivity index (χ4n) is 3.54. The van der Waals surface area contributed by atoms with Gasteiger partial charge in [0.25, 0.3) is 0 Å². The molecule has 34 heavy (non-hydrogen) atoms. The molecule has 0 radical (unpaired) electrons. The Morgan fingerprint density at radius 1 is 0.824 bits per heavy atom. The quantitative estimate of drug-likeness (QED) is 0.323. The standard InChI is InChI=1S/C27H23ClN2O3S/c1-19-11-14-22(15-12-19)34(32,33)26-17-21(28)13-16-25(26)29-18-27(31)30-24-10-6-5-9-23(24)20-7-3-2-4-8-20/h2-17,29H,18H2,1H3,(H,30,31). The van der Waals surface area contributed by atoms with Crippen LogP contribution in [0.25, 0.3) is 11.1 Å². The van der Waals surface area contributed by atoms with Gasteiger partial charge in [-0.3, -0.25) is 4.79 Å². The monoisotopic (exact) mass is 490 g/mol. The number of amides is 1. The molecule has 0 aliphatic carbocycles. The van der Waals surface area contributed by atoms with Gasteiger partial charge in [-0.15, -0.1) is 0 Å². The van der Waals surface area contributed by atoms with Crippen molar-refractivity contribution >= 4 is 38.7 Å². The topological polar surface area (TPSA) is 75.3 Å². The summed E-state index contributed by atoms with van der Waals surface area (Å²) in [7, 11) is -3.84. The van der Waals surface area contributed by atoms with Crippen LogP contribution in [-0.4, -0.2) is 20.9 Å². The van der Waals surface area contributed by atoms with Crippen LogP contribution < -0.4 is 10.6 Å². The molecule has 0 bridgehead atoms. The average molecular weight is 491 g/mol. The molecule has 0 saturated carbocycles. The van der Waals surface area contributed by atoms with Gasteiger partial charge in [0.1, 0.15) is 0 Å². The molecular formula is C27H23ClN2O3S. The van der Waals surface area contributed by atoms with Crippen molar-refractivity contribution in [3.8, 4) is 11.1 Å². The van der Waals surface area contributed by atoms with E-state index in [-0.39, 0.29) is 27.3 Å². The largest absolute Gasteiger partial charge is 0.375 e. The van der Waals surface area contributed by atoms with Crippen molar-refractivity contribution in [2.24, 2.45) is 0 Å². The number of carbonyl (C=O) groups is 1. The fourth-order valence-corrected chi connectivity index (χ4v) is 5.24. The van der Waals surface area contributed by atoms with Gasteiger partial charge >= 0.3 is 0 Å². The Morgan fingerprint density at radius 3 is 2.24 bits per heavy atom. The fraction of sp³-hybridized carbons (Fsp3) is 0.0741. The number of halogens is 1. The molecule has 5 nitrogen and oxygen atoms in total.